The average Bonchev–Trinajstić information content (AvgIpc) is 2.80. The molecule has 0 saturated carbocycles. The number of carbonyl (C=O) groups is 1. The van der Waals surface area contributed by atoms with Crippen molar-refractivity contribution < 1.29 is 9.53 Å². The molecule has 6 nitrogen and oxygen atoms in total. The second-order valence-electron chi connectivity index (χ2n) is 4.02. The van der Waals surface area contributed by atoms with Gasteiger partial charge in [0, 0.05) is 5.39 Å². The first-order chi connectivity index (χ1) is 9.22. The minimum atomic E-state index is -0.420. The zero-order valence-corrected chi connectivity index (χ0v) is 10.2. The van der Waals surface area contributed by atoms with E-state index in [2.05, 4.69) is 10.2 Å². The number of nitrogens with one attached hydrogen (secondary N) is 1. The lowest BCUT2D eigenvalue weighted by molar-refractivity contribution is 0.0528. The van der Waals surface area contributed by atoms with Gasteiger partial charge in [-0.25, -0.2) is 19.1 Å². The van der Waals surface area contributed by atoms with Gasteiger partial charge in [-0.05, 0) is 19.1 Å². The normalized spacial score (nSPS) is 11.0. The van der Waals surface area contributed by atoms with Crippen molar-refractivity contribution in [2.75, 3.05) is 6.61 Å². The zero-order valence-electron chi connectivity index (χ0n) is 10.2. The third kappa shape index (κ3) is 1.69. The van der Waals surface area contributed by atoms with E-state index in [9.17, 15) is 9.59 Å². The summed E-state index contributed by atoms with van der Waals surface area (Å²) in [6.45, 7) is 2.05. The number of H-pyrrole nitrogens is 1. The number of benzene rings is 1. The lowest BCUT2D eigenvalue weighted by Gasteiger charge is -2.07. The molecule has 0 bridgehead atoms. The monoisotopic (exact) mass is 257 g/mol. The number of rotatable bonds is 2. The van der Waals surface area contributed by atoms with E-state index in [-0.39, 0.29) is 5.69 Å². The number of nitrogens with zero attached hydrogens (tertiary/aromatic N) is 2. The Hall–Kier alpha value is -2.63. The Balaban J connectivity index is 2.44. The molecule has 3 rings (SSSR count). The van der Waals surface area contributed by atoms with Crippen molar-refractivity contribution in [1.29, 1.82) is 0 Å². The van der Waals surface area contributed by atoms with Crippen molar-refractivity contribution in [1.82, 2.24) is 14.6 Å². The molecule has 6 heteroatoms. The molecule has 0 spiro atoms. The van der Waals surface area contributed by atoms with Gasteiger partial charge < -0.3 is 4.74 Å². The highest BCUT2D eigenvalue weighted by atomic mass is 16.5. The fourth-order valence-electron chi connectivity index (χ4n) is 2.12. The molecule has 0 radical (unpaired) electrons. The Morgan fingerprint density at radius 3 is 3.00 bits per heavy atom. The molecule has 2 heterocycles. The highest BCUT2D eigenvalue weighted by Crippen LogP contribution is 2.20. The number of para-hydroxylation sites is 1. The molecule has 96 valence electrons. The molecule has 1 N–H and O–H groups in total. The predicted octanol–water partition coefficient (Wildman–Crippen LogP) is 1.35. The lowest BCUT2D eigenvalue weighted by Crippen LogP contribution is -2.12. The van der Waals surface area contributed by atoms with Crippen LogP contribution in [0.15, 0.2) is 35.1 Å². The van der Waals surface area contributed by atoms with E-state index in [1.54, 1.807) is 31.2 Å². The first-order valence-corrected chi connectivity index (χ1v) is 5.88. The number of fused-ring (bicyclic) bond motifs is 3. The molecule has 0 aliphatic heterocycles. The van der Waals surface area contributed by atoms with Crippen molar-refractivity contribution in [3.8, 4) is 0 Å². The number of carbonyl (C=O) groups excluding carboxylic acids is 1. The van der Waals surface area contributed by atoms with Crippen LogP contribution in [-0.4, -0.2) is 27.2 Å². The number of aromatic nitrogens is 3. The molecule has 0 aliphatic carbocycles. The van der Waals surface area contributed by atoms with E-state index < -0.39 is 5.97 Å². The number of aromatic amines is 1. The third-order valence-electron chi connectivity index (χ3n) is 2.90. The van der Waals surface area contributed by atoms with Crippen LogP contribution in [0.2, 0.25) is 0 Å². The fraction of sp³-hybridized carbons (Fsp3) is 0.154. The second kappa shape index (κ2) is 4.24. The van der Waals surface area contributed by atoms with E-state index in [1.165, 1.54) is 4.40 Å². The highest BCUT2D eigenvalue weighted by Gasteiger charge is 2.15. The Bertz CT molecular complexity index is 832. The Morgan fingerprint density at radius 1 is 1.42 bits per heavy atom. The van der Waals surface area contributed by atoms with Gasteiger partial charge in [-0.1, -0.05) is 18.2 Å². The molecule has 1 aromatic carbocycles. The van der Waals surface area contributed by atoms with Crippen molar-refractivity contribution >= 4 is 22.5 Å². The summed E-state index contributed by atoms with van der Waals surface area (Å²) < 4.78 is 6.46. The summed E-state index contributed by atoms with van der Waals surface area (Å²) in [5.41, 5.74) is 1.10. The molecule has 0 fully saturated rings. The predicted molar refractivity (Wildman–Crippen MR) is 69.3 cm³/mol. The zero-order chi connectivity index (χ0) is 13.4. The summed E-state index contributed by atoms with van der Waals surface area (Å²) in [5.74, 6) is -0.420. The molecule has 3 aromatic rings. The van der Waals surface area contributed by atoms with Crippen LogP contribution in [0.3, 0.4) is 0 Å². The second-order valence-corrected chi connectivity index (χ2v) is 4.02. The van der Waals surface area contributed by atoms with Crippen molar-refractivity contribution in [3.05, 3.63) is 46.4 Å². The SMILES string of the molecule is CCOC(=O)c1cc2n[nH]c(=O)n2c2ccccc12. The number of esters is 1. The van der Waals surface area contributed by atoms with Gasteiger partial charge in [-0.3, -0.25) is 0 Å². The standard InChI is InChI=1S/C13H11N3O3/c1-2-19-12(17)9-7-11-14-15-13(18)16(11)10-6-4-3-5-8(9)10/h3-7H,2H2,1H3,(H,15,18). The summed E-state index contributed by atoms with van der Waals surface area (Å²) in [5, 5.41) is 6.93. The number of pyridine rings is 1. The summed E-state index contributed by atoms with van der Waals surface area (Å²) >= 11 is 0. The summed E-state index contributed by atoms with van der Waals surface area (Å²) in [6, 6.07) is 8.71. The van der Waals surface area contributed by atoms with E-state index in [1.807, 2.05) is 6.07 Å². The van der Waals surface area contributed by atoms with Crippen LogP contribution in [0.25, 0.3) is 16.6 Å². The van der Waals surface area contributed by atoms with Crippen LogP contribution in [0, 0.1) is 0 Å². The van der Waals surface area contributed by atoms with Crippen LogP contribution in [0.1, 0.15) is 17.3 Å². The van der Waals surface area contributed by atoms with Gasteiger partial charge in [-0.2, -0.15) is 5.10 Å². The van der Waals surface area contributed by atoms with Gasteiger partial charge >= 0.3 is 11.7 Å². The number of hydrogen-bond donors (Lipinski definition) is 1. The fourth-order valence-corrected chi connectivity index (χ4v) is 2.12. The molecular weight excluding hydrogens is 246 g/mol. The summed E-state index contributed by atoms with van der Waals surface area (Å²) in [4.78, 5) is 23.7. The highest BCUT2D eigenvalue weighted by molar-refractivity contribution is 6.04. The maximum absolute atomic E-state index is 12.0. The van der Waals surface area contributed by atoms with E-state index >= 15 is 0 Å². The van der Waals surface area contributed by atoms with Gasteiger partial charge in [-0.15, -0.1) is 0 Å². The van der Waals surface area contributed by atoms with Crippen LogP contribution in [-0.2, 0) is 4.74 Å². The van der Waals surface area contributed by atoms with Gasteiger partial charge in [0.25, 0.3) is 0 Å². The van der Waals surface area contributed by atoms with Gasteiger partial charge in [0.1, 0.15) is 0 Å². The average molecular weight is 257 g/mol. The topological polar surface area (TPSA) is 76.5 Å². The molecule has 0 unspecified atom stereocenters. The maximum atomic E-state index is 12.0. The minimum Gasteiger partial charge on any atom is -0.462 e. The first-order valence-electron chi connectivity index (χ1n) is 5.88. The van der Waals surface area contributed by atoms with Crippen LogP contribution < -0.4 is 5.69 Å². The molecule has 19 heavy (non-hydrogen) atoms. The Labute approximate surface area is 107 Å². The van der Waals surface area contributed by atoms with E-state index in [4.69, 9.17) is 4.74 Å². The molecule has 0 saturated heterocycles. The first kappa shape index (κ1) is 11.5. The molecule has 2 aromatic heterocycles. The van der Waals surface area contributed by atoms with Crippen LogP contribution in [0.5, 0.6) is 0 Å². The third-order valence-corrected chi connectivity index (χ3v) is 2.90. The van der Waals surface area contributed by atoms with Crippen LogP contribution in [0.4, 0.5) is 0 Å². The number of hydrogen-bond acceptors (Lipinski definition) is 4. The van der Waals surface area contributed by atoms with Gasteiger partial charge in [0.05, 0.1) is 17.7 Å². The Morgan fingerprint density at radius 2 is 2.21 bits per heavy atom. The van der Waals surface area contributed by atoms with E-state index in [0.29, 0.717) is 28.7 Å². The quantitative estimate of drug-likeness (QED) is 0.703. The minimum absolute atomic E-state index is 0.297. The molecule has 0 amide bonds. The summed E-state index contributed by atoms with van der Waals surface area (Å²) in [7, 11) is 0. The van der Waals surface area contributed by atoms with Crippen molar-refractivity contribution in [3.63, 3.8) is 0 Å². The van der Waals surface area contributed by atoms with Crippen molar-refractivity contribution in [2.45, 2.75) is 6.92 Å². The van der Waals surface area contributed by atoms with Crippen molar-refractivity contribution in [2.24, 2.45) is 0 Å². The van der Waals surface area contributed by atoms with E-state index in [0.717, 1.165) is 0 Å². The smallest absolute Gasteiger partial charge is 0.348 e. The lowest BCUT2D eigenvalue weighted by atomic mass is 10.1. The van der Waals surface area contributed by atoms with Gasteiger partial charge in [0.2, 0.25) is 0 Å². The van der Waals surface area contributed by atoms with Crippen LogP contribution >= 0.6 is 0 Å². The maximum Gasteiger partial charge on any atom is 0.348 e. The largest absolute Gasteiger partial charge is 0.462 e. The number of ether oxygens (including phenoxy) is 1. The summed E-state index contributed by atoms with van der Waals surface area (Å²) in [6.07, 6.45) is 0. The Kier molecular flexibility index (Phi) is 2.56. The molecule has 0 aliphatic rings. The molecule has 0 atom stereocenters. The van der Waals surface area contributed by atoms with Gasteiger partial charge in [0.15, 0.2) is 5.65 Å². The molecular formula is C13H11N3O3.